The van der Waals surface area contributed by atoms with E-state index in [9.17, 15) is 9.59 Å². The average molecular weight is 166 g/mol. The third-order valence-electron chi connectivity index (χ3n) is 2.16. The summed E-state index contributed by atoms with van der Waals surface area (Å²) in [7, 11) is 1.50. The maximum absolute atomic E-state index is 11.4. The lowest BCUT2D eigenvalue weighted by Gasteiger charge is -2.03. The second-order valence-corrected chi connectivity index (χ2v) is 3.13. The van der Waals surface area contributed by atoms with Crippen LogP contribution in [-0.2, 0) is 7.05 Å². The molecule has 0 bridgehead atoms. The maximum Gasteiger partial charge on any atom is 0.330 e. The van der Waals surface area contributed by atoms with Crippen LogP contribution in [0.4, 0.5) is 0 Å². The molecular weight excluding hydrogens is 156 g/mol. The van der Waals surface area contributed by atoms with Crippen LogP contribution in [0.3, 0.4) is 0 Å². The second-order valence-electron chi connectivity index (χ2n) is 3.13. The molecule has 1 aromatic heterocycles. The molecule has 0 atom stereocenters. The Labute approximate surface area is 69.1 Å². The lowest BCUT2D eigenvalue weighted by molar-refractivity contribution is 0.617. The molecule has 0 aliphatic heterocycles. The first kappa shape index (κ1) is 7.34. The van der Waals surface area contributed by atoms with Crippen molar-refractivity contribution in [3.05, 3.63) is 33.1 Å². The van der Waals surface area contributed by atoms with Gasteiger partial charge in [0.25, 0.3) is 5.56 Å². The second kappa shape index (κ2) is 2.33. The molecule has 4 nitrogen and oxygen atoms in total. The van der Waals surface area contributed by atoms with Gasteiger partial charge in [0.15, 0.2) is 0 Å². The summed E-state index contributed by atoms with van der Waals surface area (Å²) in [4.78, 5) is 22.4. The van der Waals surface area contributed by atoms with Crippen molar-refractivity contribution in [2.75, 3.05) is 0 Å². The van der Waals surface area contributed by atoms with E-state index in [-0.39, 0.29) is 11.2 Å². The molecule has 0 N–H and O–H groups in total. The summed E-state index contributed by atoms with van der Waals surface area (Å²) in [6.07, 6.45) is 3.69. The summed E-state index contributed by atoms with van der Waals surface area (Å²) in [6.45, 7) is 0. The lowest BCUT2D eigenvalue weighted by atomic mass is 10.5. The highest BCUT2D eigenvalue weighted by molar-refractivity contribution is 4.92. The van der Waals surface area contributed by atoms with Crippen molar-refractivity contribution >= 4 is 0 Å². The number of hydrogen-bond acceptors (Lipinski definition) is 2. The fourth-order valence-electron chi connectivity index (χ4n) is 1.22. The molecule has 1 aliphatic carbocycles. The molecule has 0 unspecified atom stereocenters. The minimum absolute atomic E-state index is 0.204. The van der Waals surface area contributed by atoms with Crippen LogP contribution in [-0.4, -0.2) is 9.13 Å². The van der Waals surface area contributed by atoms with Gasteiger partial charge in [-0.2, -0.15) is 0 Å². The lowest BCUT2D eigenvalue weighted by Crippen LogP contribution is -2.36. The Morgan fingerprint density at radius 1 is 1.42 bits per heavy atom. The van der Waals surface area contributed by atoms with Crippen molar-refractivity contribution in [1.82, 2.24) is 9.13 Å². The summed E-state index contributed by atoms with van der Waals surface area (Å²) in [6, 6.07) is 1.77. The van der Waals surface area contributed by atoms with E-state index in [0.717, 1.165) is 17.4 Å². The molecule has 0 spiro atoms. The van der Waals surface area contributed by atoms with Crippen LogP contribution in [0.5, 0.6) is 0 Å². The molecule has 1 heterocycles. The van der Waals surface area contributed by atoms with Crippen LogP contribution < -0.4 is 11.2 Å². The van der Waals surface area contributed by atoms with Gasteiger partial charge < -0.3 is 0 Å². The molecule has 0 saturated heterocycles. The monoisotopic (exact) mass is 166 g/mol. The number of aromatic nitrogens is 2. The first-order chi connectivity index (χ1) is 5.70. The minimum Gasteiger partial charge on any atom is -0.297 e. The van der Waals surface area contributed by atoms with E-state index in [4.69, 9.17) is 0 Å². The zero-order chi connectivity index (χ0) is 8.72. The molecule has 4 heteroatoms. The minimum atomic E-state index is -0.239. The summed E-state index contributed by atoms with van der Waals surface area (Å²) in [5.41, 5.74) is -0.443. The third kappa shape index (κ3) is 0.995. The van der Waals surface area contributed by atoms with E-state index in [1.165, 1.54) is 13.1 Å². The normalized spacial score (nSPS) is 16.4. The molecule has 0 aromatic carbocycles. The van der Waals surface area contributed by atoms with E-state index in [2.05, 4.69) is 0 Å². The van der Waals surface area contributed by atoms with Gasteiger partial charge in [-0.25, -0.2) is 4.79 Å². The predicted octanol–water partition coefficient (Wildman–Crippen LogP) is -0.118. The Morgan fingerprint density at radius 2 is 2.08 bits per heavy atom. The molecule has 1 aliphatic rings. The first-order valence-electron chi connectivity index (χ1n) is 3.98. The number of hydrogen-bond donors (Lipinski definition) is 0. The SMILES string of the molecule is Cn1c(=O)ccn(C2CC2)c1=O. The maximum atomic E-state index is 11.4. The van der Waals surface area contributed by atoms with E-state index >= 15 is 0 Å². The van der Waals surface area contributed by atoms with Crippen LogP contribution in [0.15, 0.2) is 21.9 Å². The summed E-state index contributed by atoms with van der Waals surface area (Å²) in [5, 5.41) is 0. The van der Waals surface area contributed by atoms with Crippen LogP contribution >= 0.6 is 0 Å². The zero-order valence-electron chi connectivity index (χ0n) is 6.86. The first-order valence-corrected chi connectivity index (χ1v) is 3.98. The summed E-state index contributed by atoms with van der Waals surface area (Å²) in [5.74, 6) is 0. The highest BCUT2D eigenvalue weighted by Crippen LogP contribution is 2.32. The summed E-state index contributed by atoms with van der Waals surface area (Å²) >= 11 is 0. The van der Waals surface area contributed by atoms with Gasteiger partial charge in [0.1, 0.15) is 0 Å². The highest BCUT2D eigenvalue weighted by atomic mass is 16.2. The average Bonchev–Trinajstić information content (AvgIpc) is 2.84. The van der Waals surface area contributed by atoms with Crippen LogP contribution in [0.1, 0.15) is 18.9 Å². The van der Waals surface area contributed by atoms with Gasteiger partial charge in [-0.1, -0.05) is 0 Å². The van der Waals surface area contributed by atoms with Gasteiger partial charge in [-0.05, 0) is 12.8 Å². The molecule has 2 rings (SSSR count). The Balaban J connectivity index is 2.65. The van der Waals surface area contributed by atoms with Crippen LogP contribution in [0.25, 0.3) is 0 Å². The van der Waals surface area contributed by atoms with E-state index in [1.54, 1.807) is 10.8 Å². The summed E-state index contributed by atoms with van der Waals surface area (Å²) < 4.78 is 2.76. The van der Waals surface area contributed by atoms with Crippen LogP contribution in [0, 0.1) is 0 Å². The molecule has 1 fully saturated rings. The molecular formula is C8H10N2O2. The fourth-order valence-corrected chi connectivity index (χ4v) is 1.22. The van der Waals surface area contributed by atoms with Gasteiger partial charge >= 0.3 is 5.69 Å². The Bertz CT molecular complexity index is 412. The predicted molar refractivity (Wildman–Crippen MR) is 44.2 cm³/mol. The topological polar surface area (TPSA) is 44.0 Å². The van der Waals surface area contributed by atoms with Gasteiger partial charge in [-0.3, -0.25) is 13.9 Å². The molecule has 1 aromatic rings. The van der Waals surface area contributed by atoms with Crippen molar-refractivity contribution in [1.29, 1.82) is 0 Å². The van der Waals surface area contributed by atoms with Crippen molar-refractivity contribution in [2.24, 2.45) is 7.05 Å². The van der Waals surface area contributed by atoms with Crippen LogP contribution in [0.2, 0.25) is 0 Å². The Hall–Kier alpha value is -1.32. The van der Waals surface area contributed by atoms with E-state index in [1.807, 2.05) is 0 Å². The molecule has 64 valence electrons. The van der Waals surface area contributed by atoms with E-state index in [0.29, 0.717) is 6.04 Å². The molecule has 12 heavy (non-hydrogen) atoms. The molecule has 0 radical (unpaired) electrons. The zero-order valence-corrected chi connectivity index (χ0v) is 6.86. The smallest absolute Gasteiger partial charge is 0.297 e. The fraction of sp³-hybridized carbons (Fsp3) is 0.500. The molecule has 0 amide bonds. The highest BCUT2D eigenvalue weighted by Gasteiger charge is 2.24. The van der Waals surface area contributed by atoms with Crippen molar-refractivity contribution in [3.8, 4) is 0 Å². The third-order valence-corrected chi connectivity index (χ3v) is 2.16. The van der Waals surface area contributed by atoms with Crippen molar-refractivity contribution in [3.63, 3.8) is 0 Å². The van der Waals surface area contributed by atoms with Gasteiger partial charge in [0, 0.05) is 25.4 Å². The largest absolute Gasteiger partial charge is 0.330 e. The van der Waals surface area contributed by atoms with Crippen molar-refractivity contribution < 1.29 is 0 Å². The number of rotatable bonds is 1. The quantitative estimate of drug-likeness (QED) is 0.584. The van der Waals surface area contributed by atoms with Gasteiger partial charge in [0.05, 0.1) is 0 Å². The van der Waals surface area contributed by atoms with E-state index < -0.39 is 0 Å². The Morgan fingerprint density at radius 3 is 2.67 bits per heavy atom. The standard InChI is InChI=1S/C8H10N2O2/c1-9-7(11)4-5-10(8(9)12)6-2-3-6/h4-6H,2-3H2,1H3. The Kier molecular flexibility index (Phi) is 1.43. The number of nitrogens with zero attached hydrogens (tertiary/aromatic N) is 2. The van der Waals surface area contributed by atoms with Gasteiger partial charge in [-0.15, -0.1) is 0 Å². The molecule has 1 saturated carbocycles. The van der Waals surface area contributed by atoms with Crippen molar-refractivity contribution in [2.45, 2.75) is 18.9 Å². The van der Waals surface area contributed by atoms with Gasteiger partial charge in [0.2, 0.25) is 0 Å².